The van der Waals surface area contributed by atoms with Gasteiger partial charge in [-0.1, -0.05) is 6.92 Å². The lowest BCUT2D eigenvalue weighted by Gasteiger charge is -2.23. The maximum Gasteiger partial charge on any atom is 0.320 e. The van der Waals surface area contributed by atoms with Crippen molar-refractivity contribution in [3.8, 4) is 0 Å². The van der Waals surface area contributed by atoms with Crippen molar-refractivity contribution in [2.24, 2.45) is 23.7 Å². The maximum absolute atomic E-state index is 12.4. The molecule has 9 nitrogen and oxygen atoms in total. The number of carbonyl (C=O) groups excluding carboxylic acids is 4. The number of methoxy groups -OCH3 is 1. The van der Waals surface area contributed by atoms with Crippen molar-refractivity contribution in [2.75, 3.05) is 13.7 Å². The molecule has 9 heteroatoms. The normalized spacial score (nSPS) is 40.6. The first-order valence-electron chi connectivity index (χ1n) is 9.12. The fourth-order valence-electron chi connectivity index (χ4n) is 4.61. The molecule has 27 heavy (non-hydrogen) atoms. The first kappa shape index (κ1) is 19.8. The van der Waals surface area contributed by atoms with Gasteiger partial charge in [0.15, 0.2) is 0 Å². The predicted octanol–water partition coefficient (Wildman–Crippen LogP) is 0.235. The van der Waals surface area contributed by atoms with E-state index in [-0.39, 0.29) is 25.0 Å². The van der Waals surface area contributed by atoms with Gasteiger partial charge >= 0.3 is 17.9 Å². The molecule has 3 rings (SSSR count). The molecule has 0 aromatic rings. The summed E-state index contributed by atoms with van der Waals surface area (Å²) >= 11 is 0. The Bertz CT molecular complexity index is 618. The van der Waals surface area contributed by atoms with Crippen LogP contribution >= 0.6 is 0 Å². The fourth-order valence-corrected chi connectivity index (χ4v) is 4.61. The van der Waals surface area contributed by atoms with Gasteiger partial charge in [-0.15, -0.1) is 0 Å². The maximum atomic E-state index is 12.4. The minimum atomic E-state index is -0.695. The summed E-state index contributed by atoms with van der Waals surface area (Å²) in [6, 6.07) is 0. The van der Waals surface area contributed by atoms with Crippen LogP contribution in [0.5, 0.6) is 0 Å². The number of rotatable bonds is 7. The second-order valence-electron chi connectivity index (χ2n) is 7.17. The number of carbonyl (C=O) groups is 4. The lowest BCUT2D eigenvalue weighted by Crippen LogP contribution is -2.36. The summed E-state index contributed by atoms with van der Waals surface area (Å²) in [5.41, 5.74) is 0. The first-order chi connectivity index (χ1) is 12.9. The molecule has 3 aliphatic rings. The van der Waals surface area contributed by atoms with Crippen LogP contribution in [0.3, 0.4) is 0 Å². The third-order valence-electron chi connectivity index (χ3n) is 5.81. The van der Waals surface area contributed by atoms with Crippen LogP contribution in [0.4, 0.5) is 0 Å². The molecule has 0 spiro atoms. The van der Waals surface area contributed by atoms with Crippen LogP contribution in [0.15, 0.2) is 0 Å². The van der Waals surface area contributed by atoms with Gasteiger partial charge in [-0.2, -0.15) is 0 Å². The SMILES string of the molecule is CCC1OC(CC2OC(C)C3C(=O)OC(=O)C23)C(C(=O)OC)C1COC=O. The van der Waals surface area contributed by atoms with E-state index in [0.717, 1.165) is 0 Å². The summed E-state index contributed by atoms with van der Waals surface area (Å²) in [5, 5.41) is 0. The Morgan fingerprint density at radius 3 is 2.44 bits per heavy atom. The molecule has 3 heterocycles. The van der Waals surface area contributed by atoms with E-state index in [2.05, 4.69) is 0 Å². The molecule has 3 fully saturated rings. The third-order valence-corrected chi connectivity index (χ3v) is 5.81. The van der Waals surface area contributed by atoms with Gasteiger partial charge in [-0.05, 0) is 13.3 Å². The molecule has 3 aliphatic heterocycles. The van der Waals surface area contributed by atoms with Gasteiger partial charge in [0, 0.05) is 12.3 Å². The molecule has 0 aromatic heterocycles. The van der Waals surface area contributed by atoms with Gasteiger partial charge < -0.3 is 23.7 Å². The summed E-state index contributed by atoms with van der Waals surface area (Å²) in [6.45, 7) is 4.00. The molecular weight excluding hydrogens is 360 g/mol. The highest BCUT2D eigenvalue weighted by Crippen LogP contribution is 2.44. The van der Waals surface area contributed by atoms with Gasteiger partial charge in [-0.3, -0.25) is 19.2 Å². The minimum Gasteiger partial charge on any atom is -0.469 e. The standard InChI is InChI=1S/C18H24O9/c1-4-10-9(6-24-7-19)14(16(20)23-3)11(26-10)5-12-15-13(8(2)25-12)17(21)27-18(15)22/h7-15H,4-6H2,1-3H3. The van der Waals surface area contributed by atoms with Crippen LogP contribution in [0.1, 0.15) is 26.7 Å². The van der Waals surface area contributed by atoms with Crippen molar-refractivity contribution >= 4 is 24.4 Å². The zero-order valence-corrected chi connectivity index (χ0v) is 15.5. The fraction of sp³-hybridized carbons (Fsp3) is 0.778. The van der Waals surface area contributed by atoms with E-state index in [0.29, 0.717) is 12.9 Å². The second-order valence-corrected chi connectivity index (χ2v) is 7.17. The largest absolute Gasteiger partial charge is 0.469 e. The number of esters is 3. The minimum absolute atomic E-state index is 0.0345. The van der Waals surface area contributed by atoms with Crippen molar-refractivity contribution in [3.05, 3.63) is 0 Å². The van der Waals surface area contributed by atoms with E-state index in [1.54, 1.807) is 6.92 Å². The van der Waals surface area contributed by atoms with Crippen molar-refractivity contribution in [1.82, 2.24) is 0 Å². The summed E-state index contributed by atoms with van der Waals surface area (Å²) in [4.78, 5) is 47.0. The van der Waals surface area contributed by atoms with Crippen LogP contribution in [-0.2, 0) is 42.9 Å². The Balaban J connectivity index is 1.80. The van der Waals surface area contributed by atoms with E-state index in [1.807, 2.05) is 6.92 Å². The molecule has 8 atom stereocenters. The molecule has 0 aliphatic carbocycles. The summed E-state index contributed by atoms with van der Waals surface area (Å²) < 4.78 is 26.5. The van der Waals surface area contributed by atoms with Crippen molar-refractivity contribution in [2.45, 2.75) is 51.1 Å². The molecule has 0 bridgehead atoms. The Hall–Kier alpha value is -2.00. The first-order valence-corrected chi connectivity index (χ1v) is 9.12. The van der Waals surface area contributed by atoms with E-state index < -0.39 is 54.0 Å². The van der Waals surface area contributed by atoms with E-state index in [9.17, 15) is 19.2 Å². The molecule has 0 radical (unpaired) electrons. The van der Waals surface area contributed by atoms with Crippen molar-refractivity contribution in [3.63, 3.8) is 0 Å². The average Bonchev–Trinajstić information content (AvgIpc) is 3.26. The van der Waals surface area contributed by atoms with E-state index in [4.69, 9.17) is 23.7 Å². The molecule has 0 saturated carbocycles. The Kier molecular flexibility index (Phi) is 5.81. The summed E-state index contributed by atoms with van der Waals surface area (Å²) in [7, 11) is 1.29. The summed E-state index contributed by atoms with van der Waals surface area (Å²) in [5.74, 6) is -3.98. The summed E-state index contributed by atoms with van der Waals surface area (Å²) in [6.07, 6.45) is -1.07. The number of hydrogen-bond acceptors (Lipinski definition) is 9. The van der Waals surface area contributed by atoms with Crippen LogP contribution in [0.25, 0.3) is 0 Å². The highest BCUT2D eigenvalue weighted by atomic mass is 16.6. The van der Waals surface area contributed by atoms with E-state index >= 15 is 0 Å². The highest BCUT2D eigenvalue weighted by Gasteiger charge is 2.59. The quantitative estimate of drug-likeness (QED) is 0.263. The zero-order chi connectivity index (χ0) is 19.7. The van der Waals surface area contributed by atoms with E-state index in [1.165, 1.54) is 7.11 Å². The van der Waals surface area contributed by atoms with Gasteiger partial charge in [0.1, 0.15) is 0 Å². The number of cyclic esters (lactones) is 2. The Morgan fingerprint density at radius 1 is 1.11 bits per heavy atom. The van der Waals surface area contributed by atoms with Gasteiger partial charge in [0.2, 0.25) is 0 Å². The molecule has 0 aromatic carbocycles. The van der Waals surface area contributed by atoms with Crippen molar-refractivity contribution < 1.29 is 42.9 Å². The number of hydrogen-bond donors (Lipinski definition) is 0. The molecule has 150 valence electrons. The van der Waals surface area contributed by atoms with Gasteiger partial charge in [0.05, 0.1) is 55.9 Å². The van der Waals surface area contributed by atoms with Crippen LogP contribution < -0.4 is 0 Å². The average molecular weight is 384 g/mol. The van der Waals surface area contributed by atoms with Gasteiger partial charge in [-0.25, -0.2) is 0 Å². The number of fused-ring (bicyclic) bond motifs is 1. The Morgan fingerprint density at radius 2 is 1.81 bits per heavy atom. The molecule has 0 amide bonds. The second kappa shape index (κ2) is 7.93. The molecular formula is C18H24O9. The van der Waals surface area contributed by atoms with Gasteiger partial charge in [0.25, 0.3) is 6.47 Å². The van der Waals surface area contributed by atoms with Crippen LogP contribution in [-0.4, -0.2) is 62.5 Å². The van der Waals surface area contributed by atoms with Crippen LogP contribution in [0.2, 0.25) is 0 Å². The molecule has 3 saturated heterocycles. The van der Waals surface area contributed by atoms with Crippen LogP contribution in [0, 0.1) is 23.7 Å². The lowest BCUT2D eigenvalue weighted by molar-refractivity contribution is -0.158. The predicted molar refractivity (Wildman–Crippen MR) is 87.0 cm³/mol. The highest BCUT2D eigenvalue weighted by molar-refractivity contribution is 5.97. The monoisotopic (exact) mass is 384 g/mol. The number of ether oxygens (including phenoxy) is 5. The smallest absolute Gasteiger partial charge is 0.320 e. The Labute approximate surface area is 156 Å². The third kappa shape index (κ3) is 3.45. The topological polar surface area (TPSA) is 114 Å². The molecule has 8 unspecified atom stereocenters. The molecule has 0 N–H and O–H groups in total. The van der Waals surface area contributed by atoms with Crippen molar-refractivity contribution in [1.29, 1.82) is 0 Å². The zero-order valence-electron chi connectivity index (χ0n) is 15.5. The lowest BCUT2D eigenvalue weighted by atomic mass is 9.82.